The lowest BCUT2D eigenvalue weighted by atomic mass is 9.97. The molecule has 4 aliphatic rings. The largest absolute Gasteiger partial charge is 0.474 e. The first-order valence-electron chi connectivity index (χ1n) is 21.5. The van der Waals surface area contributed by atoms with Gasteiger partial charge >= 0.3 is 12.2 Å². The predicted molar refractivity (Wildman–Crippen MR) is 248 cm³/mol. The third kappa shape index (κ3) is 8.74. The summed E-state index contributed by atoms with van der Waals surface area (Å²) in [4.78, 5) is 67.8. The van der Waals surface area contributed by atoms with Crippen LogP contribution in [0.5, 0.6) is 11.8 Å². The molecule has 2 fully saturated rings. The van der Waals surface area contributed by atoms with E-state index in [1.165, 1.54) is 22.2 Å². The Hall–Kier alpha value is -8.30. The lowest BCUT2D eigenvalue weighted by molar-refractivity contribution is -0.127. The molecule has 0 bridgehead atoms. The molecule has 8 heterocycles. The predicted octanol–water partition coefficient (Wildman–Crippen LogP) is 5.82. The number of nitrogens with zero attached hydrogens (tertiary/aromatic N) is 6. The number of rotatable bonds is 6. The average Bonchev–Trinajstić information content (AvgIpc) is 3.81. The highest BCUT2D eigenvalue weighted by atomic mass is 19.1. The molecular formula is C46H46F2N12O8. The highest BCUT2D eigenvalue weighted by molar-refractivity contribution is 6.01. The van der Waals surface area contributed by atoms with E-state index < -0.39 is 36.0 Å². The number of aromatic nitrogens is 4. The molecule has 4 aliphatic heterocycles. The SMILES string of the molecule is Cc1c(-c2cc3cc(NC(=O)O[C@@H]4CC(=O)N(C)C4)ncc3c(N)c2F)cnc2c1NCCO2.Cc1c(-c2cc3cc(NC(=O)O[C@H]4CC(=O)N(C)C4)ncc3c(N)c2F)cnc2c1NCCO2. The third-order valence-electron chi connectivity index (χ3n) is 12.1. The number of nitrogens with one attached hydrogen (secondary N) is 4. The van der Waals surface area contributed by atoms with Crippen molar-refractivity contribution in [2.24, 2.45) is 0 Å². The molecule has 2 aromatic carbocycles. The van der Waals surface area contributed by atoms with E-state index in [1.807, 2.05) is 13.8 Å². The molecular weight excluding hydrogens is 887 g/mol. The van der Waals surface area contributed by atoms with E-state index in [4.69, 9.17) is 30.4 Å². The van der Waals surface area contributed by atoms with Gasteiger partial charge in [0.15, 0.2) is 11.6 Å². The summed E-state index contributed by atoms with van der Waals surface area (Å²) in [5.74, 6) is 0.0554. The number of likely N-dealkylation sites (N-methyl/N-ethyl adjacent to an activating group) is 2. The van der Waals surface area contributed by atoms with E-state index in [2.05, 4.69) is 41.2 Å². The Morgan fingerprint density at radius 1 is 0.662 bits per heavy atom. The van der Waals surface area contributed by atoms with Gasteiger partial charge in [-0.05, 0) is 60.0 Å². The van der Waals surface area contributed by atoms with Gasteiger partial charge in [0.05, 0.1) is 37.3 Å². The monoisotopic (exact) mass is 932 g/mol. The number of hydrogen-bond acceptors (Lipinski definition) is 16. The number of carbonyl (C=O) groups is 4. The van der Waals surface area contributed by atoms with Gasteiger partial charge in [-0.2, -0.15) is 0 Å². The van der Waals surface area contributed by atoms with Crippen LogP contribution in [0, 0.1) is 25.5 Å². The second kappa shape index (κ2) is 18.2. The first kappa shape index (κ1) is 44.9. The van der Waals surface area contributed by atoms with Gasteiger partial charge in [0, 0.05) is 85.0 Å². The molecule has 22 heteroatoms. The van der Waals surface area contributed by atoms with E-state index in [-0.39, 0.29) is 58.8 Å². The number of anilines is 6. The minimum atomic E-state index is -0.726. The van der Waals surface area contributed by atoms with Gasteiger partial charge in [0.2, 0.25) is 23.6 Å². The fourth-order valence-corrected chi connectivity index (χ4v) is 8.48. The molecule has 4 amide bonds. The second-order valence-electron chi connectivity index (χ2n) is 16.7. The molecule has 0 spiro atoms. The van der Waals surface area contributed by atoms with E-state index in [1.54, 1.807) is 50.8 Å². The van der Waals surface area contributed by atoms with Gasteiger partial charge in [-0.3, -0.25) is 20.2 Å². The maximum Gasteiger partial charge on any atom is 0.413 e. The minimum Gasteiger partial charge on any atom is -0.474 e. The van der Waals surface area contributed by atoms with E-state index in [0.717, 1.165) is 22.5 Å². The highest BCUT2D eigenvalue weighted by Gasteiger charge is 2.31. The number of hydrogen-bond donors (Lipinski definition) is 6. The van der Waals surface area contributed by atoms with Gasteiger partial charge in [-0.15, -0.1) is 0 Å². The van der Waals surface area contributed by atoms with Crippen molar-refractivity contribution < 1.29 is 46.9 Å². The number of likely N-dealkylation sites (tertiary alicyclic amines) is 2. The molecule has 2 atom stereocenters. The number of halogens is 2. The zero-order valence-electron chi connectivity index (χ0n) is 37.3. The van der Waals surface area contributed by atoms with Gasteiger partial charge < -0.3 is 50.8 Å². The van der Waals surface area contributed by atoms with Gasteiger partial charge in [0.25, 0.3) is 0 Å². The van der Waals surface area contributed by atoms with Crippen LogP contribution in [0.1, 0.15) is 24.0 Å². The third-order valence-corrected chi connectivity index (χ3v) is 12.1. The van der Waals surface area contributed by atoms with Crippen molar-refractivity contribution >= 4 is 79.9 Å². The number of carbonyl (C=O) groups excluding carboxylic acids is 4. The minimum absolute atomic E-state index is 0.0528. The molecule has 352 valence electrons. The first-order valence-corrected chi connectivity index (χ1v) is 21.5. The number of ether oxygens (including phenoxy) is 4. The summed E-state index contributed by atoms with van der Waals surface area (Å²) in [5, 5.41) is 13.6. The van der Waals surface area contributed by atoms with Crippen LogP contribution in [0.4, 0.5) is 52.8 Å². The Labute approximate surface area is 386 Å². The fourth-order valence-electron chi connectivity index (χ4n) is 8.48. The zero-order chi connectivity index (χ0) is 48.0. The van der Waals surface area contributed by atoms with Crippen LogP contribution in [0.25, 0.3) is 43.8 Å². The number of amides is 4. The van der Waals surface area contributed by atoms with Gasteiger partial charge in [-0.1, -0.05) is 0 Å². The number of benzene rings is 2. The summed E-state index contributed by atoms with van der Waals surface area (Å²) in [7, 11) is 3.30. The molecule has 6 aromatic rings. The Bertz CT molecular complexity index is 2860. The molecule has 20 nitrogen and oxygen atoms in total. The normalized spacial score (nSPS) is 17.2. The number of nitrogen functional groups attached to an aromatic ring is 2. The zero-order valence-corrected chi connectivity index (χ0v) is 37.3. The van der Waals surface area contributed by atoms with Crippen molar-refractivity contribution in [3.05, 3.63) is 71.8 Å². The Morgan fingerprint density at radius 2 is 1.07 bits per heavy atom. The Kier molecular flexibility index (Phi) is 12.0. The van der Waals surface area contributed by atoms with E-state index in [0.29, 0.717) is 83.8 Å². The van der Waals surface area contributed by atoms with Crippen molar-refractivity contribution in [2.75, 3.05) is 86.2 Å². The van der Waals surface area contributed by atoms with Crippen LogP contribution >= 0.6 is 0 Å². The highest BCUT2D eigenvalue weighted by Crippen LogP contribution is 2.41. The van der Waals surface area contributed by atoms with Crippen molar-refractivity contribution in [3.8, 4) is 34.0 Å². The lowest BCUT2D eigenvalue weighted by Crippen LogP contribution is -2.25. The van der Waals surface area contributed by atoms with Crippen LogP contribution in [-0.4, -0.2) is 119 Å². The molecule has 4 aromatic heterocycles. The van der Waals surface area contributed by atoms with Crippen LogP contribution in [0.2, 0.25) is 0 Å². The van der Waals surface area contributed by atoms with Crippen LogP contribution in [0.3, 0.4) is 0 Å². The Morgan fingerprint density at radius 3 is 1.46 bits per heavy atom. The average molecular weight is 933 g/mol. The van der Waals surface area contributed by atoms with Gasteiger partial charge in [-0.25, -0.2) is 38.3 Å². The summed E-state index contributed by atoms with van der Waals surface area (Å²) >= 11 is 0. The summed E-state index contributed by atoms with van der Waals surface area (Å²) in [6.07, 6.45) is 3.70. The second-order valence-corrected chi connectivity index (χ2v) is 16.7. The van der Waals surface area contributed by atoms with Crippen LogP contribution in [0.15, 0.2) is 49.1 Å². The van der Waals surface area contributed by atoms with Gasteiger partial charge in [0.1, 0.15) is 48.4 Å². The summed E-state index contributed by atoms with van der Waals surface area (Å²) in [6.45, 7) is 6.67. The summed E-state index contributed by atoms with van der Waals surface area (Å²) in [5.41, 5.74) is 16.8. The molecule has 0 unspecified atom stereocenters. The fraction of sp³-hybridized carbons (Fsp3) is 0.304. The van der Waals surface area contributed by atoms with Crippen molar-refractivity contribution in [3.63, 3.8) is 0 Å². The molecule has 0 aliphatic carbocycles. The maximum atomic E-state index is 15.3. The number of pyridine rings is 4. The number of nitrogens with two attached hydrogens (primary N) is 2. The van der Waals surface area contributed by atoms with E-state index in [9.17, 15) is 19.2 Å². The molecule has 8 N–H and O–H groups in total. The maximum absolute atomic E-state index is 15.3. The molecule has 68 heavy (non-hydrogen) atoms. The molecule has 10 rings (SSSR count). The topological polar surface area (TPSA) is 263 Å². The van der Waals surface area contributed by atoms with Crippen molar-refractivity contribution in [1.29, 1.82) is 0 Å². The summed E-state index contributed by atoms with van der Waals surface area (Å²) in [6, 6.07) is 6.46. The molecule has 0 radical (unpaired) electrons. The first-order chi connectivity index (χ1) is 32.6. The molecule has 0 saturated carbocycles. The number of fused-ring (bicyclic) bond motifs is 4. The van der Waals surface area contributed by atoms with Crippen molar-refractivity contribution in [2.45, 2.75) is 38.9 Å². The standard InChI is InChI=1S/2C23H23FN6O4/c2*1-11-15(8-28-22-21(11)26-3-4-33-22)14-5-12-6-17(27-9-16(12)20(25)19(14)24)29-23(32)34-13-7-18(31)30(2)10-13/h2*5-6,8-9,13,26H,3-4,7,10,25H2,1-2H3,(H,27,29,32)/t2*13-/m10/s1. The smallest absolute Gasteiger partial charge is 0.413 e. The van der Waals surface area contributed by atoms with Crippen LogP contribution < -0.4 is 42.2 Å². The lowest BCUT2D eigenvalue weighted by Gasteiger charge is -2.22. The van der Waals surface area contributed by atoms with Crippen molar-refractivity contribution in [1.82, 2.24) is 29.7 Å². The quantitative estimate of drug-likeness (QED) is 0.108. The Balaban J connectivity index is 0.000000170. The van der Waals surface area contributed by atoms with Crippen LogP contribution in [-0.2, 0) is 19.1 Å². The summed E-state index contributed by atoms with van der Waals surface area (Å²) < 4.78 is 52.3. The molecule has 2 saturated heterocycles. The van der Waals surface area contributed by atoms with E-state index >= 15 is 8.78 Å².